The molecule has 4 atom stereocenters. The maximum absolute atomic E-state index is 15.2. The summed E-state index contributed by atoms with van der Waals surface area (Å²) >= 11 is 0. The molecule has 1 N–H and O–H groups in total. The number of amides is 1. The lowest BCUT2D eigenvalue weighted by Crippen LogP contribution is -2.52. The van der Waals surface area contributed by atoms with Crippen molar-refractivity contribution in [2.45, 2.75) is 51.6 Å². The van der Waals surface area contributed by atoms with Crippen molar-refractivity contribution in [2.24, 2.45) is 11.3 Å². The number of carbonyl (C=O) groups is 1. The van der Waals surface area contributed by atoms with Gasteiger partial charge in [-0.2, -0.15) is 8.78 Å². The van der Waals surface area contributed by atoms with E-state index >= 15 is 4.39 Å². The van der Waals surface area contributed by atoms with Crippen LogP contribution >= 0.6 is 0 Å². The van der Waals surface area contributed by atoms with Crippen molar-refractivity contribution >= 4 is 5.91 Å². The highest BCUT2D eigenvalue weighted by Crippen LogP contribution is 2.43. The fraction of sp³-hybridized carbons (Fsp3) is 0.542. The van der Waals surface area contributed by atoms with Crippen molar-refractivity contribution in [3.8, 4) is 5.75 Å². The lowest BCUT2D eigenvalue weighted by Gasteiger charge is -2.44. The molecule has 1 aromatic carbocycles. The number of ether oxygens (including phenoxy) is 1. The number of piperidine rings is 1. The van der Waals surface area contributed by atoms with Crippen molar-refractivity contribution in [2.75, 3.05) is 19.6 Å². The SMILES string of the molecule is C[C@@]1([C@@H]2CCN(C3CCN(Cc4ccc(OC(F)F)cc4)C3=O)C[C@H]2F)C=CC(O)=CC1. The summed E-state index contributed by atoms with van der Waals surface area (Å²) in [5.74, 6) is 0.141. The summed E-state index contributed by atoms with van der Waals surface area (Å²) in [7, 11) is 0. The number of halogens is 3. The normalized spacial score (nSPS) is 31.3. The molecule has 32 heavy (non-hydrogen) atoms. The van der Waals surface area contributed by atoms with Gasteiger partial charge in [0.25, 0.3) is 0 Å². The molecule has 8 heteroatoms. The first-order valence-corrected chi connectivity index (χ1v) is 11.0. The molecule has 2 heterocycles. The molecular weight excluding hydrogens is 421 g/mol. The number of hydrogen-bond donors (Lipinski definition) is 1. The van der Waals surface area contributed by atoms with Gasteiger partial charge in [-0.25, -0.2) is 4.39 Å². The van der Waals surface area contributed by atoms with Gasteiger partial charge in [0.15, 0.2) is 0 Å². The third-order valence-electron chi connectivity index (χ3n) is 7.04. The number of allylic oxidation sites excluding steroid dienone is 3. The smallest absolute Gasteiger partial charge is 0.387 e. The highest BCUT2D eigenvalue weighted by molar-refractivity contribution is 5.84. The van der Waals surface area contributed by atoms with Gasteiger partial charge in [0.1, 0.15) is 17.7 Å². The summed E-state index contributed by atoms with van der Waals surface area (Å²) in [6, 6.07) is 5.95. The molecule has 0 spiro atoms. The molecule has 1 amide bonds. The van der Waals surface area contributed by atoms with Gasteiger partial charge in [0.05, 0.1) is 6.04 Å². The lowest BCUT2D eigenvalue weighted by atomic mass is 9.68. The first kappa shape index (κ1) is 22.7. The van der Waals surface area contributed by atoms with E-state index in [4.69, 9.17) is 0 Å². The number of benzene rings is 1. The van der Waals surface area contributed by atoms with Gasteiger partial charge < -0.3 is 14.7 Å². The van der Waals surface area contributed by atoms with E-state index in [9.17, 15) is 18.7 Å². The number of alkyl halides is 3. The molecule has 0 bridgehead atoms. The van der Waals surface area contributed by atoms with Crippen LogP contribution in [0.1, 0.15) is 31.7 Å². The molecule has 4 rings (SSSR count). The van der Waals surface area contributed by atoms with Crippen molar-refractivity contribution in [3.63, 3.8) is 0 Å². The Kier molecular flexibility index (Phi) is 6.51. The Bertz CT molecular complexity index is 889. The van der Waals surface area contributed by atoms with E-state index in [0.717, 1.165) is 5.56 Å². The summed E-state index contributed by atoms with van der Waals surface area (Å²) in [4.78, 5) is 16.7. The van der Waals surface area contributed by atoms with Crippen LogP contribution in [-0.4, -0.2) is 59.3 Å². The van der Waals surface area contributed by atoms with Gasteiger partial charge >= 0.3 is 6.61 Å². The fourth-order valence-corrected chi connectivity index (χ4v) is 5.18. The summed E-state index contributed by atoms with van der Waals surface area (Å²) in [5, 5.41) is 9.59. The van der Waals surface area contributed by atoms with Crippen LogP contribution in [0.2, 0.25) is 0 Å². The number of hydrogen-bond acceptors (Lipinski definition) is 4. The van der Waals surface area contributed by atoms with Crippen LogP contribution in [0, 0.1) is 11.3 Å². The fourth-order valence-electron chi connectivity index (χ4n) is 5.18. The Hall–Kier alpha value is -2.48. The maximum Gasteiger partial charge on any atom is 0.387 e. The van der Waals surface area contributed by atoms with E-state index in [-0.39, 0.29) is 41.3 Å². The van der Waals surface area contributed by atoms with Crippen LogP contribution in [0.3, 0.4) is 0 Å². The summed E-state index contributed by atoms with van der Waals surface area (Å²) in [5.41, 5.74) is 0.500. The van der Waals surface area contributed by atoms with E-state index < -0.39 is 12.8 Å². The summed E-state index contributed by atoms with van der Waals surface area (Å²) in [6.07, 6.45) is 6.17. The summed E-state index contributed by atoms with van der Waals surface area (Å²) in [6.45, 7) is 1.02. The van der Waals surface area contributed by atoms with E-state index in [1.807, 2.05) is 17.9 Å². The second-order valence-electron chi connectivity index (χ2n) is 9.17. The molecule has 1 unspecified atom stereocenters. The van der Waals surface area contributed by atoms with Crippen LogP contribution < -0.4 is 4.74 Å². The topological polar surface area (TPSA) is 53.0 Å². The Morgan fingerprint density at radius 1 is 1.22 bits per heavy atom. The van der Waals surface area contributed by atoms with Gasteiger partial charge in [-0.3, -0.25) is 9.69 Å². The molecule has 2 saturated heterocycles. The highest BCUT2D eigenvalue weighted by atomic mass is 19.3. The molecular formula is C24H29F3N2O3. The molecule has 0 radical (unpaired) electrons. The van der Waals surface area contributed by atoms with Crippen LogP contribution in [0.5, 0.6) is 5.75 Å². The van der Waals surface area contributed by atoms with Crippen LogP contribution in [0.25, 0.3) is 0 Å². The number of rotatable bonds is 6. The minimum Gasteiger partial charge on any atom is -0.508 e. The quantitative estimate of drug-likeness (QED) is 0.696. The molecule has 1 aromatic rings. The Morgan fingerprint density at radius 2 is 1.97 bits per heavy atom. The standard InChI is InChI=1S/C24H29F3N2O3/c1-24(10-6-17(30)7-11-24)19-8-12-28(15-20(19)25)21-9-13-29(22(21)31)14-16-2-4-18(5-3-16)32-23(26)27/h2-7,10,19-21,23,30H,8-9,11-15H2,1H3/t19-,20-,21?,24-/m1/s1. The third-order valence-corrected chi connectivity index (χ3v) is 7.04. The number of aliphatic hydroxyl groups excluding tert-OH is 1. The summed E-state index contributed by atoms with van der Waals surface area (Å²) < 4.78 is 44.2. The Morgan fingerprint density at radius 3 is 2.59 bits per heavy atom. The van der Waals surface area contributed by atoms with E-state index in [0.29, 0.717) is 38.9 Å². The second-order valence-corrected chi connectivity index (χ2v) is 9.17. The van der Waals surface area contributed by atoms with E-state index in [1.54, 1.807) is 29.2 Å². The Labute approximate surface area is 186 Å². The van der Waals surface area contributed by atoms with Crippen LogP contribution in [0.4, 0.5) is 13.2 Å². The van der Waals surface area contributed by atoms with Gasteiger partial charge in [-0.05, 0) is 61.1 Å². The molecule has 0 aromatic heterocycles. The van der Waals surface area contributed by atoms with Crippen molar-refractivity contribution < 1.29 is 27.8 Å². The number of likely N-dealkylation sites (tertiary alicyclic amines) is 2. The minimum absolute atomic E-state index is 0.0137. The van der Waals surface area contributed by atoms with Gasteiger partial charge in [-0.15, -0.1) is 0 Å². The maximum atomic E-state index is 15.2. The number of nitrogens with zero attached hydrogens (tertiary/aromatic N) is 2. The average molecular weight is 451 g/mol. The number of aliphatic hydroxyl groups is 1. The van der Waals surface area contributed by atoms with Gasteiger partial charge in [-0.1, -0.05) is 25.1 Å². The predicted molar refractivity (Wildman–Crippen MR) is 114 cm³/mol. The zero-order chi connectivity index (χ0) is 22.9. The molecule has 2 aliphatic heterocycles. The van der Waals surface area contributed by atoms with Gasteiger partial charge in [0, 0.05) is 25.6 Å². The minimum atomic E-state index is -2.87. The molecule has 5 nitrogen and oxygen atoms in total. The van der Waals surface area contributed by atoms with E-state index in [1.165, 1.54) is 12.1 Å². The molecule has 1 aliphatic carbocycles. The first-order valence-electron chi connectivity index (χ1n) is 11.0. The van der Waals surface area contributed by atoms with Crippen molar-refractivity contribution in [3.05, 3.63) is 53.8 Å². The van der Waals surface area contributed by atoms with E-state index in [2.05, 4.69) is 4.74 Å². The molecule has 3 aliphatic rings. The zero-order valence-corrected chi connectivity index (χ0v) is 18.1. The molecule has 0 saturated carbocycles. The second kappa shape index (κ2) is 9.17. The van der Waals surface area contributed by atoms with Crippen molar-refractivity contribution in [1.29, 1.82) is 0 Å². The predicted octanol–water partition coefficient (Wildman–Crippen LogP) is 4.46. The zero-order valence-electron chi connectivity index (χ0n) is 18.1. The van der Waals surface area contributed by atoms with Crippen molar-refractivity contribution in [1.82, 2.24) is 9.80 Å². The third kappa shape index (κ3) is 4.80. The Balaban J connectivity index is 1.33. The van der Waals surface area contributed by atoms with Crippen LogP contribution in [0.15, 0.2) is 48.3 Å². The van der Waals surface area contributed by atoms with Crippen LogP contribution in [-0.2, 0) is 11.3 Å². The lowest BCUT2D eigenvalue weighted by molar-refractivity contribution is -0.134. The highest BCUT2D eigenvalue weighted by Gasteiger charge is 2.45. The average Bonchev–Trinajstić information content (AvgIpc) is 3.11. The molecule has 174 valence electrons. The largest absolute Gasteiger partial charge is 0.508 e. The number of carbonyl (C=O) groups excluding carboxylic acids is 1. The first-order chi connectivity index (χ1) is 15.2. The molecule has 2 fully saturated rings. The monoisotopic (exact) mass is 450 g/mol. The van der Waals surface area contributed by atoms with Gasteiger partial charge in [0.2, 0.25) is 5.91 Å².